The number of nitrogens with two attached hydrogens (primary N) is 1. The van der Waals surface area contributed by atoms with E-state index in [0.717, 1.165) is 10.9 Å². The Morgan fingerprint density at radius 2 is 1.85 bits per heavy atom. The molecular formula is C15H12ClN3O. The maximum Gasteiger partial charge on any atom is 0.269 e. The van der Waals surface area contributed by atoms with Crippen molar-refractivity contribution < 1.29 is 4.79 Å². The summed E-state index contributed by atoms with van der Waals surface area (Å²) >= 11 is 5.88. The minimum Gasteiger partial charge on any atom is -0.364 e. The quantitative estimate of drug-likeness (QED) is 0.791. The second-order valence-electron chi connectivity index (χ2n) is 4.51. The standard InChI is InChI=1S/C8H7N3O.C7H5Cl/c9-8(12)7-5-3-1-2-4-6(5)10-11-7;8-7-5-1-2-6(7)4-3-5/h1-4H,(H2,9,12)(H,10,11);1-4,7H. The number of fused-ring (bicyclic) bond motifs is 3. The molecule has 2 aliphatic rings. The van der Waals surface area contributed by atoms with Crippen LogP contribution in [0.15, 0.2) is 59.7 Å². The number of nitrogens with zero attached hydrogens (tertiary/aromatic N) is 1. The van der Waals surface area contributed by atoms with Crippen LogP contribution >= 0.6 is 11.6 Å². The van der Waals surface area contributed by atoms with E-state index in [1.807, 2.05) is 18.2 Å². The third-order valence-corrected chi connectivity index (χ3v) is 3.73. The van der Waals surface area contributed by atoms with Crippen molar-refractivity contribution in [1.82, 2.24) is 10.2 Å². The number of amides is 1. The number of para-hydroxylation sites is 1. The second-order valence-corrected chi connectivity index (χ2v) is 4.95. The van der Waals surface area contributed by atoms with Gasteiger partial charge in [0.25, 0.3) is 5.91 Å². The molecule has 3 N–H and O–H groups in total. The second kappa shape index (κ2) is 4.98. The molecule has 4 rings (SSSR count). The van der Waals surface area contributed by atoms with E-state index in [2.05, 4.69) is 34.5 Å². The highest BCUT2D eigenvalue weighted by Gasteiger charge is 2.21. The van der Waals surface area contributed by atoms with Gasteiger partial charge >= 0.3 is 0 Å². The summed E-state index contributed by atoms with van der Waals surface area (Å²) in [5, 5.41) is 7.46. The van der Waals surface area contributed by atoms with Crippen LogP contribution in [-0.2, 0) is 0 Å². The zero-order valence-electron chi connectivity index (χ0n) is 10.5. The molecule has 5 heteroatoms. The highest BCUT2D eigenvalue weighted by atomic mass is 35.5. The summed E-state index contributed by atoms with van der Waals surface area (Å²) in [6, 6.07) is 7.35. The van der Waals surface area contributed by atoms with Gasteiger partial charge in [-0.05, 0) is 17.2 Å². The van der Waals surface area contributed by atoms with Crippen molar-refractivity contribution >= 4 is 28.4 Å². The van der Waals surface area contributed by atoms with Crippen LogP contribution < -0.4 is 5.73 Å². The Hall–Kier alpha value is -2.33. The molecule has 0 atom stereocenters. The maximum absolute atomic E-state index is 10.8. The van der Waals surface area contributed by atoms with E-state index in [0.29, 0.717) is 5.69 Å². The van der Waals surface area contributed by atoms with Gasteiger partial charge in [0.1, 0.15) is 0 Å². The molecule has 100 valence electrons. The molecule has 1 heterocycles. The first-order valence-electron chi connectivity index (χ1n) is 6.13. The molecule has 2 aromatic rings. The average molecular weight is 286 g/mol. The van der Waals surface area contributed by atoms with Crippen LogP contribution in [0.4, 0.5) is 0 Å². The van der Waals surface area contributed by atoms with Crippen LogP contribution in [0.5, 0.6) is 0 Å². The molecule has 0 saturated heterocycles. The number of primary amides is 1. The van der Waals surface area contributed by atoms with Crippen molar-refractivity contribution in [2.45, 2.75) is 5.38 Å². The van der Waals surface area contributed by atoms with Crippen molar-refractivity contribution in [3.63, 3.8) is 0 Å². The van der Waals surface area contributed by atoms with Gasteiger partial charge < -0.3 is 5.73 Å². The van der Waals surface area contributed by atoms with Gasteiger partial charge in [0, 0.05) is 5.39 Å². The lowest BCUT2D eigenvalue weighted by Crippen LogP contribution is -2.11. The summed E-state index contributed by atoms with van der Waals surface area (Å²) in [6.07, 6.45) is 8.25. The molecule has 2 aliphatic carbocycles. The molecule has 1 aromatic heterocycles. The third kappa shape index (κ3) is 2.14. The number of carbonyl (C=O) groups is 1. The monoisotopic (exact) mass is 285 g/mol. The fourth-order valence-corrected chi connectivity index (χ4v) is 2.47. The number of H-pyrrole nitrogens is 1. The molecule has 20 heavy (non-hydrogen) atoms. The van der Waals surface area contributed by atoms with Crippen LogP contribution in [-0.4, -0.2) is 21.5 Å². The average Bonchev–Trinajstić information content (AvgIpc) is 3.14. The Bertz CT molecular complexity index is 748. The topological polar surface area (TPSA) is 71.8 Å². The molecule has 0 spiro atoms. The highest BCUT2D eigenvalue weighted by Crippen LogP contribution is 2.32. The van der Waals surface area contributed by atoms with Crippen molar-refractivity contribution in [3.8, 4) is 0 Å². The molecule has 1 aromatic carbocycles. The Kier molecular flexibility index (Phi) is 3.16. The normalized spacial score (nSPS) is 15.8. The zero-order chi connectivity index (χ0) is 14.1. The minimum atomic E-state index is -0.507. The fourth-order valence-electron chi connectivity index (χ4n) is 2.18. The lowest BCUT2D eigenvalue weighted by atomic mass is 10.2. The molecule has 4 nitrogen and oxygen atoms in total. The van der Waals surface area contributed by atoms with E-state index in [9.17, 15) is 4.79 Å². The number of hydrogen-bond donors (Lipinski definition) is 2. The van der Waals surface area contributed by atoms with Crippen LogP contribution in [0.1, 0.15) is 10.5 Å². The Morgan fingerprint density at radius 3 is 2.35 bits per heavy atom. The first-order valence-corrected chi connectivity index (χ1v) is 6.57. The molecule has 0 saturated carbocycles. The summed E-state index contributed by atoms with van der Waals surface area (Å²) in [5.41, 5.74) is 8.70. The number of carbonyl (C=O) groups excluding carboxylic acids is 1. The number of aromatic amines is 1. The number of alkyl halides is 1. The Balaban J connectivity index is 0.000000131. The van der Waals surface area contributed by atoms with Crippen LogP contribution in [0.3, 0.4) is 0 Å². The maximum atomic E-state index is 10.8. The number of rotatable bonds is 1. The van der Waals surface area contributed by atoms with Gasteiger partial charge in [-0.1, -0.05) is 42.5 Å². The van der Waals surface area contributed by atoms with E-state index in [4.69, 9.17) is 17.3 Å². The van der Waals surface area contributed by atoms with Gasteiger partial charge in [0.2, 0.25) is 0 Å². The van der Waals surface area contributed by atoms with E-state index in [1.165, 1.54) is 11.1 Å². The number of aromatic nitrogens is 2. The predicted molar refractivity (Wildman–Crippen MR) is 79.6 cm³/mol. The minimum absolute atomic E-state index is 0.176. The summed E-state index contributed by atoms with van der Waals surface area (Å²) in [5.74, 6) is -0.507. The summed E-state index contributed by atoms with van der Waals surface area (Å²) in [6.45, 7) is 0. The highest BCUT2D eigenvalue weighted by molar-refractivity contribution is 6.25. The van der Waals surface area contributed by atoms with Crippen LogP contribution in [0.2, 0.25) is 0 Å². The van der Waals surface area contributed by atoms with E-state index >= 15 is 0 Å². The summed E-state index contributed by atoms with van der Waals surface area (Å²) < 4.78 is 0. The SMILES string of the molecule is ClC1C2=CC=C1C=C2.NC(=O)c1n[nH]c2ccccc12. The molecule has 0 aliphatic heterocycles. The smallest absolute Gasteiger partial charge is 0.269 e. The summed E-state index contributed by atoms with van der Waals surface area (Å²) in [4.78, 5) is 10.8. The lowest BCUT2D eigenvalue weighted by Gasteiger charge is -1.94. The predicted octanol–water partition coefficient (Wildman–Crippen LogP) is 2.69. The molecule has 0 radical (unpaired) electrons. The molecule has 2 bridgehead atoms. The zero-order valence-corrected chi connectivity index (χ0v) is 11.3. The van der Waals surface area contributed by atoms with E-state index in [-0.39, 0.29) is 5.38 Å². The molecule has 0 fully saturated rings. The third-order valence-electron chi connectivity index (χ3n) is 3.23. The van der Waals surface area contributed by atoms with Gasteiger partial charge in [-0.2, -0.15) is 5.10 Å². The van der Waals surface area contributed by atoms with E-state index < -0.39 is 5.91 Å². The number of benzene rings is 1. The van der Waals surface area contributed by atoms with E-state index in [1.54, 1.807) is 6.07 Å². The number of allylic oxidation sites excluding steroid dienone is 6. The fraction of sp³-hybridized carbons (Fsp3) is 0.0667. The van der Waals surface area contributed by atoms with Gasteiger partial charge in [0.05, 0.1) is 10.9 Å². The van der Waals surface area contributed by atoms with Crippen LogP contribution in [0, 0.1) is 0 Å². The van der Waals surface area contributed by atoms with Crippen molar-refractivity contribution in [2.24, 2.45) is 5.73 Å². The first-order chi connectivity index (χ1) is 9.66. The van der Waals surface area contributed by atoms with Crippen molar-refractivity contribution in [3.05, 3.63) is 65.4 Å². The Labute approximate surface area is 120 Å². The number of halogens is 1. The number of hydrogen-bond acceptors (Lipinski definition) is 2. The Morgan fingerprint density at radius 1 is 1.20 bits per heavy atom. The molecule has 1 amide bonds. The van der Waals surface area contributed by atoms with Gasteiger partial charge in [-0.15, -0.1) is 11.6 Å². The van der Waals surface area contributed by atoms with Crippen LogP contribution in [0.25, 0.3) is 10.9 Å². The molecular weight excluding hydrogens is 274 g/mol. The van der Waals surface area contributed by atoms with Crippen molar-refractivity contribution in [1.29, 1.82) is 0 Å². The lowest BCUT2D eigenvalue weighted by molar-refractivity contribution is 0.0997. The van der Waals surface area contributed by atoms with Gasteiger partial charge in [-0.25, -0.2) is 0 Å². The summed E-state index contributed by atoms with van der Waals surface area (Å²) in [7, 11) is 0. The van der Waals surface area contributed by atoms with Crippen molar-refractivity contribution in [2.75, 3.05) is 0 Å². The molecule has 0 unspecified atom stereocenters. The largest absolute Gasteiger partial charge is 0.364 e. The first kappa shape index (κ1) is 12.7. The van der Waals surface area contributed by atoms with Gasteiger partial charge in [-0.3, -0.25) is 9.89 Å². The van der Waals surface area contributed by atoms with Gasteiger partial charge in [0.15, 0.2) is 5.69 Å². The number of nitrogens with one attached hydrogen (secondary N) is 1.